The molecule has 0 fully saturated rings. The first-order valence-electron chi connectivity index (χ1n) is 7.48. The second-order valence-corrected chi connectivity index (χ2v) is 5.62. The van der Waals surface area contributed by atoms with Gasteiger partial charge < -0.3 is 20.5 Å². The minimum Gasteiger partial charge on any atom is -0.397 e. The van der Waals surface area contributed by atoms with Crippen molar-refractivity contribution in [1.29, 1.82) is 0 Å². The lowest BCUT2D eigenvalue weighted by molar-refractivity contribution is 0.102. The summed E-state index contributed by atoms with van der Waals surface area (Å²) < 4.78 is 14.8. The first-order chi connectivity index (χ1) is 11.9. The molecule has 0 atom stereocenters. The lowest BCUT2D eigenvalue weighted by Gasteiger charge is -2.12. The van der Waals surface area contributed by atoms with E-state index in [4.69, 9.17) is 5.73 Å². The molecular weight excluding hydrogens is 323 g/mol. The van der Waals surface area contributed by atoms with E-state index in [2.05, 4.69) is 15.3 Å². The number of hydrogen-bond acceptors (Lipinski definition) is 5. The topological polar surface area (TPSA) is 89.1 Å². The number of benzene rings is 1. The number of aromatic nitrogens is 3. The molecule has 25 heavy (non-hydrogen) atoms. The van der Waals surface area contributed by atoms with Gasteiger partial charge in [0.25, 0.3) is 5.91 Å². The highest BCUT2D eigenvalue weighted by atomic mass is 19.1. The van der Waals surface area contributed by atoms with E-state index in [0.29, 0.717) is 22.9 Å². The van der Waals surface area contributed by atoms with Gasteiger partial charge in [0, 0.05) is 32.2 Å². The number of nitrogens with zero attached hydrogens (tertiary/aromatic N) is 4. The molecular formula is C17H17FN6O. The number of carbonyl (C=O) groups excluding carboxylic acids is 1. The zero-order valence-electron chi connectivity index (χ0n) is 13.8. The molecule has 1 aromatic carbocycles. The summed E-state index contributed by atoms with van der Waals surface area (Å²) in [7, 11) is 3.67. The third-order valence-corrected chi connectivity index (χ3v) is 3.57. The number of anilines is 3. The maximum absolute atomic E-state index is 13.2. The number of nitrogen functional groups attached to an aromatic ring is 1. The molecule has 0 saturated carbocycles. The normalized spacial score (nSPS) is 10.5. The zero-order chi connectivity index (χ0) is 18.0. The number of halogens is 1. The highest BCUT2D eigenvalue weighted by Crippen LogP contribution is 2.23. The Labute approximate surface area is 143 Å². The summed E-state index contributed by atoms with van der Waals surface area (Å²) >= 11 is 0. The van der Waals surface area contributed by atoms with Crippen molar-refractivity contribution < 1.29 is 9.18 Å². The van der Waals surface area contributed by atoms with Gasteiger partial charge in [0.05, 0.1) is 23.8 Å². The highest BCUT2D eigenvalue weighted by Gasteiger charge is 2.12. The molecule has 0 aliphatic rings. The van der Waals surface area contributed by atoms with Gasteiger partial charge in [-0.15, -0.1) is 0 Å². The predicted octanol–water partition coefficient (Wildman–Crippen LogP) is 2.31. The fraction of sp³-hybridized carbons (Fsp3) is 0.118. The molecule has 0 unspecified atom stereocenters. The quantitative estimate of drug-likeness (QED) is 0.712. The molecule has 7 nitrogen and oxygen atoms in total. The maximum Gasteiger partial charge on any atom is 0.275 e. The van der Waals surface area contributed by atoms with Crippen LogP contribution in [0, 0.1) is 5.82 Å². The SMILES string of the molecule is CN(C)c1cnc(C(=O)Nc2cc(-n3ccc(F)c3)ccc2N)cn1. The minimum atomic E-state index is -0.430. The maximum atomic E-state index is 13.2. The van der Waals surface area contributed by atoms with E-state index in [0.717, 1.165) is 0 Å². The third kappa shape index (κ3) is 3.57. The molecule has 8 heteroatoms. The minimum absolute atomic E-state index is 0.169. The lowest BCUT2D eigenvalue weighted by atomic mass is 10.2. The average Bonchev–Trinajstić information content (AvgIpc) is 3.03. The van der Waals surface area contributed by atoms with Crippen molar-refractivity contribution in [2.45, 2.75) is 0 Å². The van der Waals surface area contributed by atoms with Gasteiger partial charge in [0.2, 0.25) is 0 Å². The van der Waals surface area contributed by atoms with Crippen LogP contribution < -0.4 is 16.0 Å². The van der Waals surface area contributed by atoms with Crippen molar-refractivity contribution in [2.24, 2.45) is 0 Å². The summed E-state index contributed by atoms with van der Waals surface area (Å²) in [6.07, 6.45) is 5.82. The first-order valence-corrected chi connectivity index (χ1v) is 7.48. The van der Waals surface area contributed by atoms with Gasteiger partial charge in [-0.3, -0.25) is 4.79 Å². The standard InChI is InChI=1S/C17H17FN6O/c1-23(2)16-9-20-15(8-21-16)17(25)22-14-7-12(3-4-13(14)19)24-6-5-11(18)10-24/h3-10H,19H2,1-2H3,(H,22,25). The highest BCUT2D eigenvalue weighted by molar-refractivity contribution is 6.04. The number of amides is 1. The zero-order valence-corrected chi connectivity index (χ0v) is 13.8. The Kier molecular flexibility index (Phi) is 4.34. The smallest absolute Gasteiger partial charge is 0.275 e. The van der Waals surface area contributed by atoms with Crippen LogP contribution in [0.5, 0.6) is 0 Å². The largest absolute Gasteiger partial charge is 0.397 e. The van der Waals surface area contributed by atoms with E-state index < -0.39 is 5.91 Å². The predicted molar refractivity (Wildman–Crippen MR) is 94.5 cm³/mol. The third-order valence-electron chi connectivity index (χ3n) is 3.57. The number of nitrogens with one attached hydrogen (secondary N) is 1. The summed E-state index contributed by atoms with van der Waals surface area (Å²) in [4.78, 5) is 22.4. The van der Waals surface area contributed by atoms with Crippen LogP contribution in [0.4, 0.5) is 21.6 Å². The van der Waals surface area contributed by atoms with E-state index in [1.54, 1.807) is 33.9 Å². The molecule has 3 aromatic rings. The van der Waals surface area contributed by atoms with Crippen molar-refractivity contribution in [3.63, 3.8) is 0 Å². The molecule has 0 radical (unpaired) electrons. The molecule has 0 aliphatic carbocycles. The van der Waals surface area contributed by atoms with E-state index in [1.165, 1.54) is 24.7 Å². The van der Waals surface area contributed by atoms with E-state index in [9.17, 15) is 9.18 Å². The van der Waals surface area contributed by atoms with Crippen LogP contribution in [0.25, 0.3) is 5.69 Å². The lowest BCUT2D eigenvalue weighted by Crippen LogP contribution is -2.17. The summed E-state index contributed by atoms with van der Waals surface area (Å²) in [6.45, 7) is 0. The Balaban J connectivity index is 1.83. The number of rotatable bonds is 4. The summed E-state index contributed by atoms with van der Waals surface area (Å²) in [5.41, 5.74) is 7.56. The van der Waals surface area contributed by atoms with Gasteiger partial charge in [0.1, 0.15) is 17.3 Å². The Bertz CT molecular complexity index is 904. The van der Waals surface area contributed by atoms with Gasteiger partial charge in [-0.05, 0) is 24.3 Å². The van der Waals surface area contributed by atoms with Crippen molar-refractivity contribution in [3.05, 3.63) is 60.6 Å². The van der Waals surface area contributed by atoms with Crippen molar-refractivity contribution in [3.8, 4) is 5.69 Å². The second kappa shape index (κ2) is 6.60. The van der Waals surface area contributed by atoms with Crippen LogP contribution in [0.1, 0.15) is 10.5 Å². The van der Waals surface area contributed by atoms with E-state index in [1.807, 2.05) is 14.1 Å². The number of nitrogens with two attached hydrogens (primary N) is 1. The molecule has 2 aromatic heterocycles. The molecule has 0 aliphatic heterocycles. The second-order valence-electron chi connectivity index (χ2n) is 5.62. The van der Waals surface area contributed by atoms with E-state index in [-0.39, 0.29) is 11.5 Å². The molecule has 1 amide bonds. The Hall–Kier alpha value is -3.42. The van der Waals surface area contributed by atoms with Gasteiger partial charge >= 0.3 is 0 Å². The fourth-order valence-electron chi connectivity index (χ4n) is 2.20. The Morgan fingerprint density at radius 3 is 2.64 bits per heavy atom. The molecule has 3 rings (SSSR count). The van der Waals surface area contributed by atoms with Gasteiger partial charge in [-0.2, -0.15) is 0 Å². The summed E-state index contributed by atoms with van der Waals surface area (Å²) in [5.74, 6) is -0.133. The van der Waals surface area contributed by atoms with Crippen LogP contribution in [0.3, 0.4) is 0 Å². The number of carbonyl (C=O) groups is 1. The monoisotopic (exact) mass is 340 g/mol. The van der Waals surface area contributed by atoms with Crippen LogP contribution in [0.15, 0.2) is 49.1 Å². The molecule has 3 N–H and O–H groups in total. The van der Waals surface area contributed by atoms with Crippen LogP contribution >= 0.6 is 0 Å². The van der Waals surface area contributed by atoms with Crippen LogP contribution in [-0.4, -0.2) is 34.5 Å². The van der Waals surface area contributed by atoms with Crippen LogP contribution in [0.2, 0.25) is 0 Å². The molecule has 0 spiro atoms. The fourth-order valence-corrected chi connectivity index (χ4v) is 2.20. The molecule has 0 bridgehead atoms. The number of hydrogen-bond donors (Lipinski definition) is 2. The summed E-state index contributed by atoms with van der Waals surface area (Å²) in [6, 6.07) is 6.38. The Morgan fingerprint density at radius 2 is 2.04 bits per heavy atom. The summed E-state index contributed by atoms with van der Waals surface area (Å²) in [5, 5.41) is 2.71. The molecule has 2 heterocycles. The van der Waals surface area contributed by atoms with Crippen molar-refractivity contribution in [2.75, 3.05) is 30.0 Å². The van der Waals surface area contributed by atoms with Gasteiger partial charge in [-0.25, -0.2) is 14.4 Å². The molecule has 0 saturated heterocycles. The van der Waals surface area contributed by atoms with Crippen molar-refractivity contribution >= 4 is 23.1 Å². The molecule has 128 valence electrons. The van der Waals surface area contributed by atoms with Gasteiger partial charge in [0.15, 0.2) is 0 Å². The first kappa shape index (κ1) is 16.4. The van der Waals surface area contributed by atoms with Crippen LogP contribution in [-0.2, 0) is 0 Å². The average molecular weight is 340 g/mol. The van der Waals surface area contributed by atoms with Gasteiger partial charge in [-0.1, -0.05) is 0 Å². The Morgan fingerprint density at radius 1 is 1.24 bits per heavy atom. The van der Waals surface area contributed by atoms with E-state index >= 15 is 0 Å². The van der Waals surface area contributed by atoms with Crippen molar-refractivity contribution in [1.82, 2.24) is 14.5 Å².